The predicted molar refractivity (Wildman–Crippen MR) is 88.9 cm³/mol. The molecular weight excluding hydrogens is 328 g/mol. The Morgan fingerprint density at radius 1 is 1.12 bits per heavy atom. The van der Waals surface area contributed by atoms with Gasteiger partial charge in [0.1, 0.15) is 17.6 Å². The molecule has 0 bridgehead atoms. The van der Waals surface area contributed by atoms with Crippen LogP contribution in [0.3, 0.4) is 0 Å². The molecular formula is C18H15F2N3O2. The number of rotatable bonds is 6. The molecule has 2 rings (SSSR count). The van der Waals surface area contributed by atoms with Crippen molar-refractivity contribution in [2.45, 2.75) is 13.0 Å². The lowest BCUT2D eigenvalue weighted by atomic mass is 10.1. The fourth-order valence-electron chi connectivity index (χ4n) is 2.06. The van der Waals surface area contributed by atoms with Crippen molar-refractivity contribution in [2.24, 2.45) is 9.98 Å². The second kappa shape index (κ2) is 8.57. The molecule has 0 saturated heterocycles. The number of nitrogens with zero attached hydrogens (tertiary/aromatic N) is 3. The van der Waals surface area contributed by atoms with Gasteiger partial charge < -0.3 is 9.47 Å². The van der Waals surface area contributed by atoms with E-state index in [-0.39, 0.29) is 23.4 Å². The average Bonchev–Trinajstić information content (AvgIpc) is 2.64. The number of methoxy groups -OCH3 is 2. The molecule has 0 radical (unpaired) electrons. The lowest BCUT2D eigenvalue weighted by Gasteiger charge is -2.07. The van der Waals surface area contributed by atoms with Crippen LogP contribution in [0.2, 0.25) is 0 Å². The summed E-state index contributed by atoms with van der Waals surface area (Å²) in [5.74, 6) is 1.25. The van der Waals surface area contributed by atoms with Crippen LogP contribution in [0.4, 0.5) is 14.5 Å². The quantitative estimate of drug-likeness (QED) is 0.724. The Bertz CT molecular complexity index is 854. The summed E-state index contributed by atoms with van der Waals surface area (Å²) in [6, 6.07) is 13.3. The van der Waals surface area contributed by atoms with Crippen LogP contribution in [0.25, 0.3) is 0 Å². The first kappa shape index (κ1) is 18.1. The molecule has 0 spiro atoms. The van der Waals surface area contributed by atoms with E-state index in [4.69, 9.17) is 14.7 Å². The van der Waals surface area contributed by atoms with Gasteiger partial charge in [0.25, 0.3) is 6.43 Å². The maximum Gasteiger partial charge on any atom is 0.263 e. The maximum absolute atomic E-state index is 12.7. The highest BCUT2D eigenvalue weighted by atomic mass is 19.3. The third-order valence-corrected chi connectivity index (χ3v) is 3.38. The Labute approximate surface area is 143 Å². The molecule has 7 heteroatoms. The maximum atomic E-state index is 12.7. The molecule has 0 amide bonds. The van der Waals surface area contributed by atoms with Gasteiger partial charge in [-0.05, 0) is 24.3 Å². The van der Waals surface area contributed by atoms with Crippen LogP contribution in [-0.4, -0.2) is 20.2 Å². The third-order valence-electron chi connectivity index (χ3n) is 3.38. The first-order chi connectivity index (χ1) is 12.1. The van der Waals surface area contributed by atoms with Crippen LogP contribution in [0.5, 0.6) is 11.5 Å². The van der Waals surface area contributed by atoms with Gasteiger partial charge in [-0.3, -0.25) is 0 Å². The molecule has 0 unspecified atom stereocenters. The number of ether oxygens (including phenoxy) is 2. The zero-order chi connectivity index (χ0) is 18.2. The summed E-state index contributed by atoms with van der Waals surface area (Å²) in [5, 5.41) is 9.02. The molecule has 2 aromatic carbocycles. The number of aliphatic imine (C=N–C) groups is 2. The van der Waals surface area contributed by atoms with Crippen molar-refractivity contribution in [3.8, 4) is 17.6 Å². The van der Waals surface area contributed by atoms with E-state index in [0.29, 0.717) is 11.5 Å². The summed E-state index contributed by atoms with van der Waals surface area (Å²) in [7, 11) is 3.09. The van der Waals surface area contributed by atoms with Gasteiger partial charge in [0.2, 0.25) is 0 Å². The van der Waals surface area contributed by atoms with Crippen molar-refractivity contribution in [2.75, 3.05) is 14.2 Å². The van der Waals surface area contributed by atoms with Gasteiger partial charge in [-0.1, -0.05) is 6.07 Å². The Morgan fingerprint density at radius 3 is 2.56 bits per heavy atom. The van der Waals surface area contributed by atoms with Gasteiger partial charge in [-0.2, -0.15) is 10.3 Å². The van der Waals surface area contributed by atoms with E-state index in [0.717, 1.165) is 11.6 Å². The third kappa shape index (κ3) is 4.63. The lowest BCUT2D eigenvalue weighted by molar-refractivity contribution is 0.151. The van der Waals surface area contributed by atoms with Gasteiger partial charge >= 0.3 is 0 Å². The second-order valence-corrected chi connectivity index (χ2v) is 4.89. The van der Waals surface area contributed by atoms with Crippen molar-refractivity contribution >= 4 is 11.7 Å². The van der Waals surface area contributed by atoms with Gasteiger partial charge in [-0.25, -0.2) is 13.8 Å². The van der Waals surface area contributed by atoms with Crippen LogP contribution in [0, 0.1) is 11.3 Å². The normalized spacial score (nSPS) is 9.92. The molecule has 0 heterocycles. The molecule has 5 nitrogen and oxygen atoms in total. The molecule has 0 atom stereocenters. The molecule has 25 heavy (non-hydrogen) atoms. The van der Waals surface area contributed by atoms with E-state index >= 15 is 0 Å². The number of halogens is 2. The highest BCUT2D eigenvalue weighted by Crippen LogP contribution is 2.27. The minimum atomic E-state index is -2.64. The molecule has 0 aromatic heterocycles. The molecule has 0 N–H and O–H groups in total. The van der Waals surface area contributed by atoms with Gasteiger partial charge in [0, 0.05) is 17.2 Å². The van der Waals surface area contributed by atoms with Gasteiger partial charge in [-0.15, -0.1) is 0 Å². The van der Waals surface area contributed by atoms with Gasteiger partial charge in [0.05, 0.1) is 38.0 Å². The first-order valence-electron chi connectivity index (χ1n) is 7.24. The van der Waals surface area contributed by atoms with E-state index in [9.17, 15) is 8.78 Å². The largest absolute Gasteiger partial charge is 0.497 e. The zero-order valence-electron chi connectivity index (χ0n) is 13.7. The topological polar surface area (TPSA) is 67.0 Å². The molecule has 128 valence electrons. The fourth-order valence-corrected chi connectivity index (χ4v) is 2.06. The van der Waals surface area contributed by atoms with Crippen LogP contribution in [0.1, 0.15) is 23.1 Å². The van der Waals surface area contributed by atoms with E-state index in [1.54, 1.807) is 25.3 Å². The number of hydrogen-bond donors (Lipinski definition) is 0. The fraction of sp³-hybridized carbons (Fsp3) is 0.222. The Kier molecular flexibility index (Phi) is 6.21. The Balaban J connectivity index is 2.23. The molecule has 0 saturated carbocycles. The number of benzene rings is 2. The lowest BCUT2D eigenvalue weighted by Crippen LogP contribution is -1.92. The Morgan fingerprint density at radius 2 is 1.92 bits per heavy atom. The van der Waals surface area contributed by atoms with Crippen LogP contribution in [-0.2, 0) is 6.54 Å². The van der Waals surface area contributed by atoms with Gasteiger partial charge in [0.15, 0.2) is 0 Å². The summed E-state index contributed by atoms with van der Waals surface area (Å²) in [4.78, 5) is 7.90. The van der Waals surface area contributed by atoms with E-state index in [1.807, 2.05) is 6.07 Å². The zero-order valence-corrected chi connectivity index (χ0v) is 13.7. The van der Waals surface area contributed by atoms with Crippen LogP contribution in [0.15, 0.2) is 46.4 Å². The minimum absolute atomic E-state index is 0.103. The summed E-state index contributed by atoms with van der Waals surface area (Å²) >= 11 is 0. The summed E-state index contributed by atoms with van der Waals surface area (Å²) in [6.45, 7) is 0.229. The number of hydrogen-bond acceptors (Lipinski definition) is 5. The standard InChI is InChI=1S/C18H15F2N3O2/c1-24-15-6-5-14(17(8-15)25-2)10-22-11-23-16-7-12(18(19)20)3-4-13(16)9-21/h3-8,18H,10H2,1-2H3. The summed E-state index contributed by atoms with van der Waals surface area (Å²) in [5.41, 5.74) is 0.851. The van der Waals surface area contributed by atoms with E-state index in [1.165, 1.54) is 19.2 Å². The van der Waals surface area contributed by atoms with Crippen LogP contribution < -0.4 is 9.47 Å². The van der Waals surface area contributed by atoms with Crippen molar-refractivity contribution in [3.63, 3.8) is 0 Å². The molecule has 0 aliphatic heterocycles. The van der Waals surface area contributed by atoms with E-state index in [2.05, 4.69) is 16.0 Å². The first-order valence-corrected chi connectivity index (χ1v) is 7.24. The highest BCUT2D eigenvalue weighted by molar-refractivity contribution is 5.61. The van der Waals surface area contributed by atoms with Crippen molar-refractivity contribution in [1.29, 1.82) is 5.26 Å². The average molecular weight is 343 g/mol. The molecule has 0 aliphatic carbocycles. The number of alkyl halides is 2. The SMILES string of the molecule is COc1ccc(CN=C=Nc2cc(C(F)F)ccc2C#N)c(OC)c1. The van der Waals surface area contributed by atoms with E-state index < -0.39 is 6.43 Å². The summed E-state index contributed by atoms with van der Waals surface area (Å²) in [6.07, 6.45) is -2.64. The molecule has 0 fully saturated rings. The highest BCUT2D eigenvalue weighted by Gasteiger charge is 2.10. The minimum Gasteiger partial charge on any atom is -0.497 e. The molecule has 2 aromatic rings. The van der Waals surface area contributed by atoms with Crippen molar-refractivity contribution in [1.82, 2.24) is 0 Å². The summed E-state index contributed by atoms with van der Waals surface area (Å²) < 4.78 is 35.9. The van der Waals surface area contributed by atoms with Crippen molar-refractivity contribution < 1.29 is 18.3 Å². The Hall–Kier alpha value is -3.23. The smallest absolute Gasteiger partial charge is 0.263 e. The monoisotopic (exact) mass is 343 g/mol. The number of nitriles is 1. The van der Waals surface area contributed by atoms with Crippen molar-refractivity contribution in [3.05, 3.63) is 53.1 Å². The predicted octanol–water partition coefficient (Wildman–Crippen LogP) is 4.52. The second-order valence-electron chi connectivity index (χ2n) is 4.89. The molecule has 0 aliphatic rings. The van der Waals surface area contributed by atoms with Crippen LogP contribution >= 0.6 is 0 Å².